The van der Waals surface area contributed by atoms with Crippen LogP contribution in [0.3, 0.4) is 0 Å². The number of carbonyl (C=O) groups excluding carboxylic acids is 1. The maximum Gasteiger partial charge on any atom is 0.267 e. The van der Waals surface area contributed by atoms with Crippen molar-refractivity contribution in [3.8, 4) is 0 Å². The van der Waals surface area contributed by atoms with Crippen molar-refractivity contribution in [2.24, 2.45) is 5.73 Å². The Bertz CT molecular complexity index is 782. The minimum Gasteiger partial charge on any atom is -0.369 e. The highest BCUT2D eigenvalue weighted by Crippen LogP contribution is 2.32. The second-order valence-electron chi connectivity index (χ2n) is 6.78. The van der Waals surface area contributed by atoms with Crippen molar-refractivity contribution in [3.63, 3.8) is 0 Å². The van der Waals surface area contributed by atoms with Crippen LogP contribution in [0.2, 0.25) is 0 Å². The van der Waals surface area contributed by atoms with Crippen LogP contribution in [0.25, 0.3) is 0 Å². The standard InChI is InChI=1S/C18H23N5O/c1-12-21-15-4-2-3-5-17(15)23(12)14-7-9-22(11-14)13-6-8-20-16(10-13)18(19)24/h6,8,10,14H,2-5,7,9,11H2,1H3,(H2,19,24)/t14-/m0/s1. The van der Waals surface area contributed by atoms with Gasteiger partial charge in [-0.3, -0.25) is 9.78 Å². The first-order valence-corrected chi connectivity index (χ1v) is 8.71. The van der Waals surface area contributed by atoms with Crippen LogP contribution in [-0.2, 0) is 12.8 Å². The summed E-state index contributed by atoms with van der Waals surface area (Å²) >= 11 is 0. The molecule has 0 spiro atoms. The monoisotopic (exact) mass is 325 g/mol. The van der Waals surface area contributed by atoms with Crippen LogP contribution < -0.4 is 10.6 Å². The van der Waals surface area contributed by atoms with Gasteiger partial charge in [0.15, 0.2) is 0 Å². The number of rotatable bonds is 3. The van der Waals surface area contributed by atoms with Gasteiger partial charge in [-0.2, -0.15) is 0 Å². The zero-order valence-corrected chi connectivity index (χ0v) is 14.0. The normalized spacial score (nSPS) is 20.2. The Labute approximate surface area is 141 Å². The van der Waals surface area contributed by atoms with Gasteiger partial charge in [0.2, 0.25) is 0 Å². The Morgan fingerprint density at radius 1 is 1.33 bits per heavy atom. The molecule has 1 aliphatic carbocycles. The van der Waals surface area contributed by atoms with Gasteiger partial charge in [0.05, 0.1) is 11.7 Å². The van der Waals surface area contributed by atoms with Gasteiger partial charge >= 0.3 is 0 Å². The third kappa shape index (κ3) is 2.56. The first-order chi connectivity index (χ1) is 11.6. The lowest BCUT2D eigenvalue weighted by molar-refractivity contribution is 0.0995. The van der Waals surface area contributed by atoms with Crippen molar-refractivity contribution in [2.45, 2.75) is 45.1 Å². The molecule has 1 amide bonds. The fraction of sp³-hybridized carbons (Fsp3) is 0.500. The number of fused-ring (bicyclic) bond motifs is 1. The number of aryl methyl sites for hydroxylation is 2. The summed E-state index contributed by atoms with van der Waals surface area (Å²) < 4.78 is 2.46. The Morgan fingerprint density at radius 2 is 2.17 bits per heavy atom. The minimum absolute atomic E-state index is 0.326. The Kier molecular flexibility index (Phi) is 3.75. The number of nitrogens with zero attached hydrogens (tertiary/aromatic N) is 4. The molecule has 1 aliphatic heterocycles. The zero-order valence-electron chi connectivity index (χ0n) is 14.0. The maximum atomic E-state index is 11.4. The van der Waals surface area contributed by atoms with E-state index in [-0.39, 0.29) is 0 Å². The van der Waals surface area contributed by atoms with E-state index in [9.17, 15) is 4.79 Å². The average molecular weight is 325 g/mol. The van der Waals surface area contributed by atoms with Crippen molar-refractivity contribution < 1.29 is 4.79 Å². The molecule has 126 valence electrons. The first-order valence-electron chi connectivity index (χ1n) is 8.71. The molecule has 2 aromatic rings. The van der Waals surface area contributed by atoms with Gasteiger partial charge in [-0.05, 0) is 51.2 Å². The van der Waals surface area contributed by atoms with Crippen molar-refractivity contribution >= 4 is 11.6 Å². The number of pyridine rings is 1. The molecular weight excluding hydrogens is 302 g/mol. The van der Waals surface area contributed by atoms with Crippen LogP contribution in [0.1, 0.15) is 53.0 Å². The second-order valence-corrected chi connectivity index (χ2v) is 6.78. The lowest BCUT2D eigenvalue weighted by atomic mass is 10.0. The molecule has 1 atom stereocenters. The summed E-state index contributed by atoms with van der Waals surface area (Å²) in [5.74, 6) is 0.661. The van der Waals surface area contributed by atoms with E-state index in [1.807, 2.05) is 6.07 Å². The van der Waals surface area contributed by atoms with Gasteiger partial charge < -0.3 is 15.2 Å². The lowest BCUT2D eigenvalue weighted by Gasteiger charge is -2.22. The summed E-state index contributed by atoms with van der Waals surface area (Å²) in [6.45, 7) is 4.03. The predicted molar refractivity (Wildman–Crippen MR) is 92.2 cm³/mol. The highest BCUT2D eigenvalue weighted by atomic mass is 16.1. The van der Waals surface area contributed by atoms with Gasteiger partial charge in [-0.1, -0.05) is 0 Å². The predicted octanol–water partition coefficient (Wildman–Crippen LogP) is 2.02. The molecule has 0 radical (unpaired) electrons. The van der Waals surface area contributed by atoms with E-state index >= 15 is 0 Å². The molecule has 4 rings (SSSR count). The average Bonchev–Trinajstić information content (AvgIpc) is 3.18. The molecule has 0 unspecified atom stereocenters. The van der Waals surface area contributed by atoms with Crippen LogP contribution in [0.4, 0.5) is 5.69 Å². The van der Waals surface area contributed by atoms with E-state index in [2.05, 4.69) is 21.4 Å². The molecule has 24 heavy (non-hydrogen) atoms. The fourth-order valence-corrected chi connectivity index (χ4v) is 4.12. The van der Waals surface area contributed by atoms with Crippen molar-refractivity contribution in [1.29, 1.82) is 0 Å². The number of carbonyl (C=O) groups is 1. The molecule has 6 nitrogen and oxygen atoms in total. The SMILES string of the molecule is Cc1nc2c(n1[C@H]1CCN(c3ccnc(C(N)=O)c3)C1)CCCC2. The number of imidazole rings is 1. The van der Waals surface area contributed by atoms with E-state index in [0.717, 1.165) is 43.9 Å². The van der Waals surface area contributed by atoms with E-state index < -0.39 is 5.91 Å². The van der Waals surface area contributed by atoms with Crippen molar-refractivity contribution in [2.75, 3.05) is 18.0 Å². The maximum absolute atomic E-state index is 11.4. The molecule has 1 saturated heterocycles. The van der Waals surface area contributed by atoms with Gasteiger partial charge in [-0.15, -0.1) is 0 Å². The first kappa shape index (κ1) is 15.2. The number of hydrogen-bond donors (Lipinski definition) is 1. The molecule has 2 N–H and O–H groups in total. The molecule has 6 heteroatoms. The highest BCUT2D eigenvalue weighted by molar-refractivity contribution is 5.91. The van der Waals surface area contributed by atoms with Crippen LogP contribution >= 0.6 is 0 Å². The fourth-order valence-electron chi connectivity index (χ4n) is 4.12. The Hall–Kier alpha value is -2.37. The Balaban J connectivity index is 1.58. The van der Waals surface area contributed by atoms with E-state index in [1.54, 1.807) is 12.3 Å². The van der Waals surface area contributed by atoms with Crippen molar-refractivity contribution in [1.82, 2.24) is 14.5 Å². The molecule has 2 aliphatic rings. The zero-order chi connectivity index (χ0) is 16.7. The number of amides is 1. The Morgan fingerprint density at radius 3 is 3.00 bits per heavy atom. The summed E-state index contributed by atoms with van der Waals surface area (Å²) in [4.78, 5) is 22.5. The molecular formula is C18H23N5O. The molecule has 2 aromatic heterocycles. The summed E-state index contributed by atoms with van der Waals surface area (Å²) in [6.07, 6.45) is 7.54. The van der Waals surface area contributed by atoms with Gasteiger partial charge in [0.1, 0.15) is 11.5 Å². The number of nitrogens with two attached hydrogens (primary N) is 1. The second kappa shape index (κ2) is 5.92. The van der Waals surface area contributed by atoms with Gasteiger partial charge in [-0.25, -0.2) is 4.98 Å². The molecule has 0 aromatic carbocycles. The van der Waals surface area contributed by atoms with E-state index in [4.69, 9.17) is 10.7 Å². The van der Waals surface area contributed by atoms with E-state index in [1.165, 1.54) is 24.2 Å². The largest absolute Gasteiger partial charge is 0.369 e. The van der Waals surface area contributed by atoms with Crippen molar-refractivity contribution in [3.05, 3.63) is 41.2 Å². The number of anilines is 1. The molecule has 1 fully saturated rings. The minimum atomic E-state index is -0.480. The van der Waals surface area contributed by atoms with Crippen LogP contribution in [0, 0.1) is 6.92 Å². The summed E-state index contributed by atoms with van der Waals surface area (Å²) in [5, 5.41) is 0. The van der Waals surface area contributed by atoms with Crippen LogP contribution in [0.15, 0.2) is 18.3 Å². The van der Waals surface area contributed by atoms with Crippen LogP contribution in [0.5, 0.6) is 0 Å². The third-order valence-electron chi connectivity index (χ3n) is 5.24. The highest BCUT2D eigenvalue weighted by Gasteiger charge is 2.29. The number of aromatic nitrogens is 3. The summed E-state index contributed by atoms with van der Waals surface area (Å²) in [7, 11) is 0. The third-order valence-corrected chi connectivity index (χ3v) is 5.24. The molecule has 0 bridgehead atoms. The van der Waals surface area contributed by atoms with Gasteiger partial charge in [0, 0.05) is 30.7 Å². The quantitative estimate of drug-likeness (QED) is 0.936. The summed E-state index contributed by atoms with van der Waals surface area (Å²) in [5.41, 5.74) is 9.44. The topological polar surface area (TPSA) is 77.0 Å². The molecule has 0 saturated carbocycles. The van der Waals surface area contributed by atoms with Gasteiger partial charge in [0.25, 0.3) is 5.91 Å². The summed E-state index contributed by atoms with van der Waals surface area (Å²) in [6, 6.07) is 4.19. The number of primary amides is 1. The smallest absolute Gasteiger partial charge is 0.267 e. The molecule has 3 heterocycles. The lowest BCUT2D eigenvalue weighted by Crippen LogP contribution is -2.23. The number of hydrogen-bond acceptors (Lipinski definition) is 4. The van der Waals surface area contributed by atoms with Crippen LogP contribution in [-0.4, -0.2) is 33.5 Å². The van der Waals surface area contributed by atoms with E-state index in [0.29, 0.717) is 11.7 Å².